The molecule has 0 bridgehead atoms. The molecular formula is C16H21N3O3. The number of nitrogens with one attached hydrogen (secondary N) is 1. The Labute approximate surface area is 129 Å². The lowest BCUT2D eigenvalue weighted by molar-refractivity contribution is 0.112. The highest BCUT2D eigenvalue weighted by atomic mass is 16.4. The minimum atomic E-state index is -1.06. The molecule has 1 unspecified atom stereocenters. The molecule has 0 fully saturated rings. The molecule has 2 rings (SSSR count). The Morgan fingerprint density at radius 3 is 2.73 bits per heavy atom. The Morgan fingerprint density at radius 2 is 2.18 bits per heavy atom. The quantitative estimate of drug-likeness (QED) is 0.802. The van der Waals surface area contributed by atoms with Crippen LogP contribution >= 0.6 is 0 Å². The van der Waals surface area contributed by atoms with E-state index >= 15 is 0 Å². The van der Waals surface area contributed by atoms with E-state index in [2.05, 4.69) is 10.3 Å². The van der Waals surface area contributed by atoms with Crippen LogP contribution in [0.15, 0.2) is 18.2 Å². The molecule has 1 heterocycles. The lowest BCUT2D eigenvalue weighted by Gasteiger charge is -2.19. The fraction of sp³-hybridized carbons (Fsp3) is 0.438. The predicted octanol–water partition coefficient (Wildman–Crippen LogP) is 3.22. The van der Waals surface area contributed by atoms with Gasteiger partial charge in [-0.05, 0) is 37.5 Å². The van der Waals surface area contributed by atoms with Crippen LogP contribution in [-0.2, 0) is 6.54 Å². The maximum Gasteiger partial charge on any atom is 0.405 e. The molecule has 0 aliphatic rings. The van der Waals surface area contributed by atoms with E-state index < -0.39 is 6.09 Å². The molecule has 6 heteroatoms. The molecule has 0 aliphatic carbocycles. The van der Waals surface area contributed by atoms with Crippen molar-refractivity contribution in [2.45, 2.75) is 39.8 Å². The van der Waals surface area contributed by atoms with Gasteiger partial charge >= 0.3 is 6.09 Å². The van der Waals surface area contributed by atoms with E-state index in [4.69, 9.17) is 5.11 Å². The lowest BCUT2D eigenvalue weighted by Crippen LogP contribution is -2.30. The second kappa shape index (κ2) is 6.60. The van der Waals surface area contributed by atoms with Crippen molar-refractivity contribution in [2.24, 2.45) is 5.92 Å². The molecule has 0 aliphatic heterocycles. The summed E-state index contributed by atoms with van der Waals surface area (Å²) in [5.41, 5.74) is 2.20. The van der Waals surface area contributed by atoms with Crippen molar-refractivity contribution in [1.29, 1.82) is 0 Å². The molecule has 1 aromatic heterocycles. The summed E-state index contributed by atoms with van der Waals surface area (Å²) in [6.45, 7) is 6.72. The number of aldehydes is 1. The number of amides is 1. The van der Waals surface area contributed by atoms with Crippen LogP contribution in [0.5, 0.6) is 0 Å². The lowest BCUT2D eigenvalue weighted by atomic mass is 10.0. The van der Waals surface area contributed by atoms with Crippen molar-refractivity contribution in [1.82, 2.24) is 14.9 Å². The number of hydrogen-bond acceptors (Lipinski definition) is 3. The fourth-order valence-corrected chi connectivity index (χ4v) is 2.68. The van der Waals surface area contributed by atoms with Crippen LogP contribution in [-0.4, -0.2) is 27.0 Å². The smallest absolute Gasteiger partial charge is 0.405 e. The van der Waals surface area contributed by atoms with Crippen molar-refractivity contribution in [3.8, 4) is 0 Å². The number of aryl methyl sites for hydroxylation is 1. The number of carboxylic acid groups (broad SMARTS) is 1. The predicted molar refractivity (Wildman–Crippen MR) is 84.2 cm³/mol. The summed E-state index contributed by atoms with van der Waals surface area (Å²) in [6.07, 6.45) is 0.401. The maximum absolute atomic E-state index is 11.1. The molecule has 6 nitrogen and oxygen atoms in total. The molecule has 0 saturated carbocycles. The third-order valence-corrected chi connectivity index (χ3v) is 3.57. The normalized spacial score (nSPS) is 12.5. The molecule has 0 radical (unpaired) electrons. The molecule has 118 valence electrons. The molecular weight excluding hydrogens is 282 g/mol. The van der Waals surface area contributed by atoms with Gasteiger partial charge in [0.05, 0.1) is 17.1 Å². The Bertz CT molecular complexity index is 691. The molecule has 1 aromatic carbocycles. The second-order valence-electron chi connectivity index (χ2n) is 5.71. The van der Waals surface area contributed by atoms with Gasteiger partial charge in [-0.3, -0.25) is 4.79 Å². The summed E-state index contributed by atoms with van der Waals surface area (Å²) in [5, 5.41) is 11.6. The van der Waals surface area contributed by atoms with Crippen LogP contribution in [0.1, 0.15) is 49.4 Å². The van der Waals surface area contributed by atoms with Gasteiger partial charge in [0.2, 0.25) is 0 Å². The number of imidazole rings is 1. The number of benzene rings is 1. The van der Waals surface area contributed by atoms with Gasteiger partial charge in [0.1, 0.15) is 12.1 Å². The molecule has 1 amide bonds. The number of nitrogens with zero attached hydrogens (tertiary/aromatic N) is 2. The molecule has 22 heavy (non-hydrogen) atoms. The average Bonchev–Trinajstić information content (AvgIpc) is 2.82. The number of rotatable bonds is 6. The highest BCUT2D eigenvalue weighted by molar-refractivity contribution is 5.85. The first kappa shape index (κ1) is 16.0. The van der Waals surface area contributed by atoms with Gasteiger partial charge in [-0.25, -0.2) is 9.78 Å². The summed E-state index contributed by atoms with van der Waals surface area (Å²) in [5.74, 6) is 1.02. The number of carbonyl (C=O) groups is 2. The SMILES string of the molecule is CCn1c(C(CC(C)C)NC(=O)O)nc2ccc(C=O)cc21. The molecule has 2 aromatic rings. The van der Waals surface area contributed by atoms with E-state index in [1.807, 2.05) is 25.3 Å². The van der Waals surface area contributed by atoms with Gasteiger partial charge in [-0.2, -0.15) is 0 Å². The van der Waals surface area contributed by atoms with Gasteiger partial charge in [0.15, 0.2) is 0 Å². The highest BCUT2D eigenvalue weighted by Crippen LogP contribution is 2.26. The largest absolute Gasteiger partial charge is 0.465 e. The van der Waals surface area contributed by atoms with E-state index in [0.29, 0.717) is 30.3 Å². The molecule has 1 atom stereocenters. The maximum atomic E-state index is 11.1. The molecule has 2 N–H and O–H groups in total. The standard InChI is InChI=1S/C16H21N3O3/c1-4-19-14-8-11(9-20)5-6-12(14)17-15(19)13(7-10(2)3)18-16(21)22/h5-6,8-10,13,18H,4,7H2,1-3H3,(H,21,22). The summed E-state index contributed by atoms with van der Waals surface area (Å²) in [7, 11) is 0. The van der Waals surface area contributed by atoms with Gasteiger partial charge in [0.25, 0.3) is 0 Å². The minimum Gasteiger partial charge on any atom is -0.465 e. The van der Waals surface area contributed by atoms with Gasteiger partial charge < -0.3 is 15.0 Å². The van der Waals surface area contributed by atoms with E-state index in [1.54, 1.807) is 18.2 Å². The monoisotopic (exact) mass is 303 g/mol. The van der Waals surface area contributed by atoms with Gasteiger partial charge in [-0.1, -0.05) is 13.8 Å². The molecule has 0 saturated heterocycles. The van der Waals surface area contributed by atoms with Crippen LogP contribution in [0.2, 0.25) is 0 Å². The Morgan fingerprint density at radius 1 is 1.45 bits per heavy atom. The van der Waals surface area contributed by atoms with Crippen molar-refractivity contribution in [3.63, 3.8) is 0 Å². The summed E-state index contributed by atoms with van der Waals surface area (Å²) >= 11 is 0. The van der Waals surface area contributed by atoms with Crippen LogP contribution in [0.4, 0.5) is 4.79 Å². The van der Waals surface area contributed by atoms with Crippen molar-refractivity contribution < 1.29 is 14.7 Å². The number of fused-ring (bicyclic) bond motifs is 1. The summed E-state index contributed by atoms with van der Waals surface area (Å²) < 4.78 is 1.96. The third kappa shape index (κ3) is 3.27. The second-order valence-corrected chi connectivity index (χ2v) is 5.71. The van der Waals surface area contributed by atoms with E-state index in [1.165, 1.54) is 0 Å². The van der Waals surface area contributed by atoms with Crippen molar-refractivity contribution in [2.75, 3.05) is 0 Å². The van der Waals surface area contributed by atoms with Crippen LogP contribution < -0.4 is 5.32 Å². The first-order valence-electron chi connectivity index (χ1n) is 7.41. The van der Waals surface area contributed by atoms with Gasteiger partial charge in [0, 0.05) is 12.1 Å². The minimum absolute atomic E-state index is 0.326. The number of hydrogen-bond donors (Lipinski definition) is 2. The zero-order chi connectivity index (χ0) is 16.3. The number of carbonyl (C=O) groups excluding carboxylic acids is 1. The Balaban J connectivity index is 2.55. The Hall–Kier alpha value is -2.37. The zero-order valence-corrected chi connectivity index (χ0v) is 13.0. The van der Waals surface area contributed by atoms with E-state index in [9.17, 15) is 9.59 Å². The van der Waals surface area contributed by atoms with Crippen molar-refractivity contribution >= 4 is 23.4 Å². The average molecular weight is 303 g/mol. The van der Waals surface area contributed by atoms with Crippen LogP contribution in [0.25, 0.3) is 11.0 Å². The van der Waals surface area contributed by atoms with E-state index in [0.717, 1.165) is 17.3 Å². The Kier molecular flexibility index (Phi) is 4.80. The first-order chi connectivity index (χ1) is 10.5. The van der Waals surface area contributed by atoms with Crippen LogP contribution in [0, 0.1) is 5.92 Å². The summed E-state index contributed by atoms with van der Waals surface area (Å²) in [4.78, 5) is 26.6. The zero-order valence-electron chi connectivity index (χ0n) is 13.0. The summed E-state index contributed by atoms with van der Waals surface area (Å²) in [6, 6.07) is 4.93. The topological polar surface area (TPSA) is 84.2 Å². The number of aromatic nitrogens is 2. The fourth-order valence-electron chi connectivity index (χ4n) is 2.68. The first-order valence-corrected chi connectivity index (χ1v) is 7.41. The van der Waals surface area contributed by atoms with Crippen LogP contribution in [0.3, 0.4) is 0 Å². The van der Waals surface area contributed by atoms with Crippen molar-refractivity contribution in [3.05, 3.63) is 29.6 Å². The third-order valence-electron chi connectivity index (χ3n) is 3.57. The van der Waals surface area contributed by atoms with Gasteiger partial charge in [-0.15, -0.1) is 0 Å². The highest BCUT2D eigenvalue weighted by Gasteiger charge is 2.22. The molecule has 0 spiro atoms. The van der Waals surface area contributed by atoms with E-state index in [-0.39, 0.29) is 6.04 Å².